The van der Waals surface area contributed by atoms with Crippen molar-refractivity contribution in [3.8, 4) is 0 Å². The predicted molar refractivity (Wildman–Crippen MR) is 98.1 cm³/mol. The van der Waals surface area contributed by atoms with E-state index in [2.05, 4.69) is 4.90 Å². The lowest BCUT2D eigenvalue weighted by atomic mass is 10.1. The predicted octanol–water partition coefficient (Wildman–Crippen LogP) is 2.38. The Kier molecular flexibility index (Phi) is 5.76. The van der Waals surface area contributed by atoms with Gasteiger partial charge in [-0.15, -0.1) is 0 Å². The lowest BCUT2D eigenvalue weighted by Crippen LogP contribution is -2.49. The van der Waals surface area contributed by atoms with Gasteiger partial charge in [0.15, 0.2) is 0 Å². The average molecular weight is 381 g/mol. The van der Waals surface area contributed by atoms with E-state index >= 15 is 0 Å². The Hall–Kier alpha value is -1.44. The molecule has 1 saturated heterocycles. The van der Waals surface area contributed by atoms with Gasteiger partial charge in [0, 0.05) is 37.7 Å². The van der Waals surface area contributed by atoms with E-state index in [0.717, 1.165) is 5.56 Å². The summed E-state index contributed by atoms with van der Waals surface area (Å²) in [6, 6.07) is 15.8. The standard InChI is InChI=1S/C18H21ClN2O3S/c19-16-7-4-8-17(13-16)25(23,24)21-11-9-20(10-12-21)14-18(22)15-5-2-1-3-6-15/h1-8,13,18,22H,9-12,14H2/t18-/m1/s1. The Labute approximate surface area is 153 Å². The summed E-state index contributed by atoms with van der Waals surface area (Å²) in [5.74, 6) is 0. The minimum absolute atomic E-state index is 0.220. The van der Waals surface area contributed by atoms with Crippen molar-refractivity contribution in [2.75, 3.05) is 32.7 Å². The smallest absolute Gasteiger partial charge is 0.243 e. The van der Waals surface area contributed by atoms with Crippen molar-refractivity contribution in [1.29, 1.82) is 0 Å². The van der Waals surface area contributed by atoms with Gasteiger partial charge in [-0.1, -0.05) is 48.0 Å². The van der Waals surface area contributed by atoms with E-state index in [9.17, 15) is 13.5 Å². The molecular formula is C18H21ClN2O3S. The molecule has 2 aromatic carbocycles. The van der Waals surface area contributed by atoms with E-state index < -0.39 is 16.1 Å². The zero-order chi connectivity index (χ0) is 17.9. The van der Waals surface area contributed by atoms with Crippen molar-refractivity contribution in [2.24, 2.45) is 0 Å². The number of β-amino-alcohol motifs (C(OH)–C–C–N with tert-alkyl or cyclic N) is 1. The number of piperazine rings is 1. The van der Waals surface area contributed by atoms with Crippen LogP contribution in [-0.2, 0) is 10.0 Å². The molecule has 0 radical (unpaired) electrons. The summed E-state index contributed by atoms with van der Waals surface area (Å²) in [5.41, 5.74) is 0.872. The monoisotopic (exact) mass is 380 g/mol. The number of halogens is 1. The first-order chi connectivity index (χ1) is 12.0. The molecule has 3 rings (SSSR count). The van der Waals surface area contributed by atoms with Crippen LogP contribution in [0, 0.1) is 0 Å². The average Bonchev–Trinajstić information content (AvgIpc) is 2.63. The highest BCUT2D eigenvalue weighted by Gasteiger charge is 2.29. The van der Waals surface area contributed by atoms with Gasteiger partial charge in [0.05, 0.1) is 11.0 Å². The zero-order valence-electron chi connectivity index (χ0n) is 13.8. The topological polar surface area (TPSA) is 60.9 Å². The Morgan fingerprint density at radius 1 is 1.00 bits per heavy atom. The summed E-state index contributed by atoms with van der Waals surface area (Å²) in [4.78, 5) is 2.31. The molecule has 25 heavy (non-hydrogen) atoms. The molecule has 0 saturated carbocycles. The lowest BCUT2D eigenvalue weighted by Gasteiger charge is -2.35. The fourth-order valence-corrected chi connectivity index (χ4v) is 4.68. The van der Waals surface area contributed by atoms with Gasteiger partial charge in [-0.05, 0) is 23.8 Å². The van der Waals surface area contributed by atoms with Gasteiger partial charge in [-0.2, -0.15) is 4.31 Å². The molecule has 1 heterocycles. The molecule has 1 aliphatic heterocycles. The molecule has 0 spiro atoms. The molecule has 0 aromatic heterocycles. The second-order valence-electron chi connectivity index (χ2n) is 6.09. The van der Waals surface area contributed by atoms with Gasteiger partial charge in [-0.3, -0.25) is 4.90 Å². The van der Waals surface area contributed by atoms with Gasteiger partial charge in [0.1, 0.15) is 0 Å². The van der Waals surface area contributed by atoms with E-state index in [1.165, 1.54) is 10.4 Å². The molecule has 5 nitrogen and oxygen atoms in total. The van der Waals surface area contributed by atoms with Crippen LogP contribution in [0.1, 0.15) is 11.7 Å². The minimum Gasteiger partial charge on any atom is -0.387 e. The molecule has 1 atom stereocenters. The Balaban J connectivity index is 1.60. The first-order valence-electron chi connectivity index (χ1n) is 8.18. The number of hydrogen-bond donors (Lipinski definition) is 1. The van der Waals surface area contributed by atoms with Gasteiger partial charge >= 0.3 is 0 Å². The minimum atomic E-state index is -3.53. The molecule has 1 fully saturated rings. The number of aliphatic hydroxyl groups is 1. The van der Waals surface area contributed by atoms with Crippen molar-refractivity contribution in [1.82, 2.24) is 9.21 Å². The number of nitrogens with zero attached hydrogens (tertiary/aromatic N) is 2. The number of sulfonamides is 1. The van der Waals surface area contributed by atoms with Crippen LogP contribution in [0.25, 0.3) is 0 Å². The van der Waals surface area contributed by atoms with Crippen LogP contribution < -0.4 is 0 Å². The van der Waals surface area contributed by atoms with E-state index in [1.54, 1.807) is 18.2 Å². The van der Waals surface area contributed by atoms with Crippen LogP contribution in [0.2, 0.25) is 5.02 Å². The number of benzene rings is 2. The van der Waals surface area contributed by atoms with E-state index in [0.29, 0.717) is 37.7 Å². The zero-order valence-corrected chi connectivity index (χ0v) is 15.3. The van der Waals surface area contributed by atoms with Crippen LogP contribution in [0.15, 0.2) is 59.5 Å². The maximum absolute atomic E-state index is 12.7. The quantitative estimate of drug-likeness (QED) is 0.865. The molecule has 1 aliphatic rings. The number of hydrogen-bond acceptors (Lipinski definition) is 4. The third kappa shape index (κ3) is 4.40. The molecule has 7 heteroatoms. The third-order valence-electron chi connectivity index (χ3n) is 4.38. The summed E-state index contributed by atoms with van der Waals surface area (Å²) in [5, 5.41) is 10.7. The van der Waals surface area contributed by atoms with E-state index in [4.69, 9.17) is 11.6 Å². The van der Waals surface area contributed by atoms with Crippen molar-refractivity contribution in [3.63, 3.8) is 0 Å². The second-order valence-corrected chi connectivity index (χ2v) is 8.46. The van der Waals surface area contributed by atoms with Crippen LogP contribution in [-0.4, -0.2) is 55.5 Å². The lowest BCUT2D eigenvalue weighted by molar-refractivity contribution is 0.0921. The van der Waals surface area contributed by atoms with Crippen molar-refractivity contribution in [2.45, 2.75) is 11.0 Å². The highest BCUT2D eigenvalue weighted by molar-refractivity contribution is 7.89. The Morgan fingerprint density at radius 2 is 1.68 bits per heavy atom. The maximum atomic E-state index is 12.7. The molecule has 1 N–H and O–H groups in total. The second kappa shape index (κ2) is 7.85. The van der Waals surface area contributed by atoms with Gasteiger partial charge in [-0.25, -0.2) is 8.42 Å². The van der Waals surface area contributed by atoms with Crippen LogP contribution in [0.4, 0.5) is 0 Å². The fraction of sp³-hybridized carbons (Fsp3) is 0.333. The molecule has 0 bridgehead atoms. The molecule has 0 unspecified atom stereocenters. The van der Waals surface area contributed by atoms with Crippen molar-refractivity contribution < 1.29 is 13.5 Å². The molecule has 2 aromatic rings. The van der Waals surface area contributed by atoms with Crippen LogP contribution >= 0.6 is 11.6 Å². The molecular weight excluding hydrogens is 360 g/mol. The molecule has 0 amide bonds. The SMILES string of the molecule is O=S(=O)(c1cccc(Cl)c1)N1CCN(C[C@@H](O)c2ccccc2)CC1. The highest BCUT2D eigenvalue weighted by Crippen LogP contribution is 2.22. The fourth-order valence-electron chi connectivity index (χ4n) is 2.95. The van der Waals surface area contributed by atoms with E-state index in [-0.39, 0.29) is 4.90 Å². The van der Waals surface area contributed by atoms with Gasteiger partial charge < -0.3 is 5.11 Å². The van der Waals surface area contributed by atoms with Crippen molar-refractivity contribution >= 4 is 21.6 Å². The van der Waals surface area contributed by atoms with Crippen molar-refractivity contribution in [3.05, 3.63) is 65.2 Å². The maximum Gasteiger partial charge on any atom is 0.243 e. The van der Waals surface area contributed by atoms with E-state index in [1.807, 2.05) is 30.3 Å². The van der Waals surface area contributed by atoms with Gasteiger partial charge in [0.2, 0.25) is 10.0 Å². The summed E-state index contributed by atoms with van der Waals surface area (Å²) in [7, 11) is -3.53. The normalized spacial score (nSPS) is 18.2. The Morgan fingerprint density at radius 3 is 2.32 bits per heavy atom. The van der Waals surface area contributed by atoms with Gasteiger partial charge in [0.25, 0.3) is 0 Å². The van der Waals surface area contributed by atoms with Crippen LogP contribution in [0.5, 0.6) is 0 Å². The summed E-state index contributed by atoms with van der Waals surface area (Å²) in [6.07, 6.45) is -0.572. The molecule has 134 valence electrons. The number of rotatable bonds is 5. The molecule has 0 aliphatic carbocycles. The Bertz CT molecular complexity index is 806. The summed E-state index contributed by atoms with van der Waals surface area (Å²) in [6.45, 7) is 2.47. The number of aliphatic hydroxyl groups excluding tert-OH is 1. The highest BCUT2D eigenvalue weighted by atomic mass is 35.5. The largest absolute Gasteiger partial charge is 0.387 e. The first-order valence-corrected chi connectivity index (χ1v) is 10.00. The first kappa shape index (κ1) is 18.4. The summed E-state index contributed by atoms with van der Waals surface area (Å²) < 4.78 is 26.9. The third-order valence-corrected chi connectivity index (χ3v) is 6.51. The van der Waals surface area contributed by atoms with Crippen LogP contribution in [0.3, 0.4) is 0 Å². The summed E-state index contributed by atoms with van der Waals surface area (Å²) >= 11 is 5.91.